The van der Waals surface area contributed by atoms with E-state index in [0.717, 1.165) is 0 Å². The van der Waals surface area contributed by atoms with E-state index in [2.05, 4.69) is 0 Å². The van der Waals surface area contributed by atoms with Crippen LogP contribution in [0.5, 0.6) is 0 Å². The summed E-state index contributed by atoms with van der Waals surface area (Å²) in [5.41, 5.74) is 1.06. The molecule has 0 saturated carbocycles. The van der Waals surface area contributed by atoms with Crippen molar-refractivity contribution < 1.29 is 18.7 Å². The summed E-state index contributed by atoms with van der Waals surface area (Å²) in [6.45, 7) is 2.40. The second-order valence-corrected chi connectivity index (χ2v) is 4.01. The van der Waals surface area contributed by atoms with Gasteiger partial charge >= 0.3 is 6.09 Å². The van der Waals surface area contributed by atoms with Crippen LogP contribution in [-0.4, -0.2) is 32.5 Å². The van der Waals surface area contributed by atoms with E-state index in [1.54, 1.807) is 26.2 Å². The summed E-state index contributed by atoms with van der Waals surface area (Å²) in [5.74, 6) is -0.328. The normalized spacial score (nSPS) is 19.6. The summed E-state index contributed by atoms with van der Waals surface area (Å²) in [5, 5.41) is 0. The Morgan fingerprint density at radius 3 is 3.00 bits per heavy atom. The van der Waals surface area contributed by atoms with Gasteiger partial charge in [0.2, 0.25) is 0 Å². The van der Waals surface area contributed by atoms with Crippen molar-refractivity contribution in [3.8, 4) is 0 Å². The van der Waals surface area contributed by atoms with E-state index >= 15 is 0 Å². The number of rotatable bonds is 3. The van der Waals surface area contributed by atoms with Crippen molar-refractivity contribution in [2.45, 2.75) is 13.0 Å². The Balaban J connectivity index is 2.17. The van der Waals surface area contributed by atoms with Crippen molar-refractivity contribution in [3.63, 3.8) is 0 Å². The molecule has 17 heavy (non-hydrogen) atoms. The van der Waals surface area contributed by atoms with Crippen LogP contribution in [0.1, 0.15) is 5.56 Å². The molecule has 0 bridgehead atoms. The molecule has 2 rings (SSSR count). The van der Waals surface area contributed by atoms with Crippen LogP contribution in [0.25, 0.3) is 0 Å². The molecular weight excluding hydrogens is 225 g/mol. The molecule has 1 aromatic carbocycles. The number of hydrogen-bond acceptors (Lipinski definition) is 3. The quantitative estimate of drug-likeness (QED) is 0.810. The zero-order chi connectivity index (χ0) is 12.4. The Morgan fingerprint density at radius 2 is 2.35 bits per heavy atom. The average molecular weight is 239 g/mol. The SMILES string of the molecule is COCC1CN(c2ccc(C)c(F)c2)C(=O)O1. The third-order valence-corrected chi connectivity index (χ3v) is 2.69. The molecule has 1 fully saturated rings. The van der Waals surface area contributed by atoms with Gasteiger partial charge in [0, 0.05) is 7.11 Å². The van der Waals surface area contributed by atoms with Crippen molar-refractivity contribution in [3.05, 3.63) is 29.6 Å². The van der Waals surface area contributed by atoms with Gasteiger partial charge in [0.05, 0.1) is 18.8 Å². The topological polar surface area (TPSA) is 38.8 Å². The maximum Gasteiger partial charge on any atom is 0.414 e. The van der Waals surface area contributed by atoms with Gasteiger partial charge in [0.25, 0.3) is 0 Å². The minimum absolute atomic E-state index is 0.295. The second kappa shape index (κ2) is 4.71. The highest BCUT2D eigenvalue weighted by Gasteiger charge is 2.32. The molecule has 1 unspecified atom stereocenters. The Kier molecular flexibility index (Phi) is 3.28. The van der Waals surface area contributed by atoms with Crippen LogP contribution < -0.4 is 4.90 Å². The summed E-state index contributed by atoms with van der Waals surface area (Å²) >= 11 is 0. The van der Waals surface area contributed by atoms with E-state index in [9.17, 15) is 9.18 Å². The van der Waals surface area contributed by atoms with E-state index in [1.165, 1.54) is 11.0 Å². The van der Waals surface area contributed by atoms with E-state index < -0.39 is 6.09 Å². The molecule has 0 aliphatic carbocycles. The largest absolute Gasteiger partial charge is 0.441 e. The van der Waals surface area contributed by atoms with Gasteiger partial charge in [-0.05, 0) is 24.6 Å². The van der Waals surface area contributed by atoms with E-state index in [0.29, 0.717) is 24.4 Å². The summed E-state index contributed by atoms with van der Waals surface area (Å²) in [6, 6.07) is 4.68. The van der Waals surface area contributed by atoms with Gasteiger partial charge in [0.1, 0.15) is 11.9 Å². The number of anilines is 1. The van der Waals surface area contributed by atoms with Crippen LogP contribution >= 0.6 is 0 Å². The monoisotopic (exact) mass is 239 g/mol. The van der Waals surface area contributed by atoms with Crippen molar-refractivity contribution in [2.24, 2.45) is 0 Å². The first-order valence-electron chi connectivity index (χ1n) is 5.35. The number of cyclic esters (lactones) is 1. The molecule has 92 valence electrons. The molecular formula is C12H14FNO3. The predicted octanol–water partition coefficient (Wildman–Crippen LogP) is 2.11. The zero-order valence-electron chi connectivity index (χ0n) is 9.77. The van der Waals surface area contributed by atoms with Crippen molar-refractivity contribution >= 4 is 11.8 Å². The average Bonchev–Trinajstić information content (AvgIpc) is 2.64. The minimum atomic E-state index is -0.463. The number of nitrogens with zero attached hydrogens (tertiary/aromatic N) is 1. The van der Waals surface area contributed by atoms with E-state index in [4.69, 9.17) is 9.47 Å². The van der Waals surface area contributed by atoms with E-state index in [-0.39, 0.29) is 11.9 Å². The highest BCUT2D eigenvalue weighted by molar-refractivity contribution is 5.89. The van der Waals surface area contributed by atoms with Gasteiger partial charge in [-0.2, -0.15) is 0 Å². The smallest absolute Gasteiger partial charge is 0.414 e. The summed E-state index contributed by atoms with van der Waals surface area (Å²) in [4.78, 5) is 13.0. The van der Waals surface area contributed by atoms with Crippen LogP contribution in [-0.2, 0) is 9.47 Å². The highest BCUT2D eigenvalue weighted by atomic mass is 19.1. The first-order valence-corrected chi connectivity index (χ1v) is 5.35. The Hall–Kier alpha value is -1.62. The Morgan fingerprint density at radius 1 is 1.59 bits per heavy atom. The third-order valence-electron chi connectivity index (χ3n) is 2.69. The Labute approximate surface area is 98.9 Å². The summed E-state index contributed by atoms with van der Waals surface area (Å²) in [6.07, 6.45) is -0.757. The molecule has 1 heterocycles. The molecule has 1 saturated heterocycles. The number of aryl methyl sites for hydroxylation is 1. The maximum atomic E-state index is 13.4. The molecule has 0 aromatic heterocycles. The molecule has 5 heteroatoms. The number of ether oxygens (including phenoxy) is 2. The number of halogens is 1. The number of hydrogen-bond donors (Lipinski definition) is 0. The van der Waals surface area contributed by atoms with Crippen molar-refractivity contribution in [1.29, 1.82) is 0 Å². The first kappa shape index (κ1) is 11.9. The van der Waals surface area contributed by atoms with Gasteiger partial charge in [-0.15, -0.1) is 0 Å². The van der Waals surface area contributed by atoms with Crippen molar-refractivity contribution in [2.75, 3.05) is 25.2 Å². The standard InChI is InChI=1S/C12H14FNO3/c1-8-3-4-9(5-11(8)13)14-6-10(7-16-2)17-12(14)15/h3-5,10H,6-7H2,1-2H3. The van der Waals surface area contributed by atoms with Crippen LogP contribution in [0, 0.1) is 12.7 Å². The Bertz CT molecular complexity index is 436. The van der Waals surface area contributed by atoms with Crippen molar-refractivity contribution in [1.82, 2.24) is 0 Å². The third kappa shape index (κ3) is 2.39. The zero-order valence-corrected chi connectivity index (χ0v) is 9.77. The molecule has 0 N–H and O–H groups in total. The molecule has 0 spiro atoms. The molecule has 1 aromatic rings. The number of carbonyl (C=O) groups is 1. The van der Waals surface area contributed by atoms with Gasteiger partial charge in [-0.3, -0.25) is 4.90 Å². The fraction of sp³-hybridized carbons (Fsp3) is 0.417. The molecule has 1 aliphatic rings. The fourth-order valence-electron chi connectivity index (χ4n) is 1.75. The van der Waals surface area contributed by atoms with Crippen LogP contribution in [0.3, 0.4) is 0 Å². The number of methoxy groups -OCH3 is 1. The number of carbonyl (C=O) groups excluding carboxylic acids is 1. The molecule has 1 aliphatic heterocycles. The summed E-state index contributed by atoms with van der Waals surface area (Å²) < 4.78 is 23.4. The molecule has 0 radical (unpaired) electrons. The summed E-state index contributed by atoms with van der Waals surface area (Å²) in [7, 11) is 1.54. The van der Waals surface area contributed by atoms with Gasteiger partial charge < -0.3 is 9.47 Å². The lowest BCUT2D eigenvalue weighted by Crippen LogP contribution is -2.25. The van der Waals surface area contributed by atoms with Gasteiger partial charge in [-0.25, -0.2) is 9.18 Å². The van der Waals surface area contributed by atoms with Crippen LogP contribution in [0.15, 0.2) is 18.2 Å². The van der Waals surface area contributed by atoms with E-state index in [1.807, 2.05) is 0 Å². The van der Waals surface area contributed by atoms with Crippen LogP contribution in [0.2, 0.25) is 0 Å². The minimum Gasteiger partial charge on any atom is -0.441 e. The van der Waals surface area contributed by atoms with Gasteiger partial charge in [0.15, 0.2) is 0 Å². The predicted molar refractivity (Wildman–Crippen MR) is 60.6 cm³/mol. The highest BCUT2D eigenvalue weighted by Crippen LogP contribution is 2.23. The maximum absolute atomic E-state index is 13.4. The number of benzene rings is 1. The lowest BCUT2D eigenvalue weighted by Gasteiger charge is -2.13. The molecule has 1 atom stereocenters. The molecule has 4 nitrogen and oxygen atoms in total. The lowest BCUT2D eigenvalue weighted by atomic mass is 10.2. The molecule has 1 amide bonds. The van der Waals surface area contributed by atoms with Crippen LogP contribution in [0.4, 0.5) is 14.9 Å². The second-order valence-electron chi connectivity index (χ2n) is 4.01. The fourth-order valence-corrected chi connectivity index (χ4v) is 1.75. The first-order chi connectivity index (χ1) is 8.11. The van der Waals surface area contributed by atoms with Gasteiger partial charge in [-0.1, -0.05) is 6.07 Å². The number of amides is 1. The lowest BCUT2D eigenvalue weighted by molar-refractivity contribution is 0.0718.